The number of Topliss-reactive ketones (excluding diaryl/α,β-unsaturated/α-hetero) is 1. The number of nitrogens with one attached hydrogen (secondary N) is 1. The molecule has 48 heavy (non-hydrogen) atoms. The topological polar surface area (TPSA) is 113 Å². The molecule has 4 rings (SSSR count). The summed E-state index contributed by atoms with van der Waals surface area (Å²) in [7, 11) is -7.89. The highest BCUT2D eigenvalue weighted by Crippen LogP contribution is 2.71. The lowest BCUT2D eigenvalue weighted by atomic mass is 10.0. The number of H-pyrrole nitrogens is 1. The van der Waals surface area contributed by atoms with E-state index in [0.29, 0.717) is 28.1 Å². The molecule has 1 N–H and O–H groups in total. The molecule has 1 aromatic heterocycles. The van der Waals surface area contributed by atoms with E-state index < -0.39 is 32.3 Å². The van der Waals surface area contributed by atoms with Crippen molar-refractivity contribution in [3.05, 3.63) is 89.6 Å². The number of aromatic amines is 1. The van der Waals surface area contributed by atoms with Crippen molar-refractivity contribution in [1.82, 2.24) is 4.98 Å². The number of ketones is 1. The van der Waals surface area contributed by atoms with E-state index in [0.717, 1.165) is 23.1 Å². The zero-order valence-electron chi connectivity index (χ0n) is 27.2. The van der Waals surface area contributed by atoms with E-state index in [-0.39, 0.29) is 51.7 Å². The van der Waals surface area contributed by atoms with Crippen LogP contribution in [-0.4, -0.2) is 49.2 Å². The van der Waals surface area contributed by atoms with Crippen LogP contribution < -0.4 is 4.74 Å². The van der Waals surface area contributed by atoms with Crippen LogP contribution in [0.5, 0.6) is 5.75 Å². The van der Waals surface area contributed by atoms with Crippen LogP contribution in [0.4, 0.5) is 13.2 Å². The number of benzene rings is 3. The van der Waals surface area contributed by atoms with Crippen molar-refractivity contribution in [3.63, 3.8) is 0 Å². The van der Waals surface area contributed by atoms with Gasteiger partial charge >= 0.3 is 21.4 Å². The normalized spacial score (nSPS) is 12.6. The van der Waals surface area contributed by atoms with Crippen LogP contribution in [0.3, 0.4) is 0 Å². The third-order valence-corrected chi connectivity index (χ3v) is 13.4. The smallest absolute Gasteiger partial charge is 0.416 e. The fourth-order valence-electron chi connectivity index (χ4n) is 5.20. The molecular formula is C34H40F3NO8P2. The van der Waals surface area contributed by atoms with Crippen LogP contribution in [0.2, 0.25) is 0 Å². The summed E-state index contributed by atoms with van der Waals surface area (Å²) in [6.07, 6.45) is -4.31. The minimum atomic E-state index is -4.39. The maximum atomic E-state index is 13.9. The molecule has 0 bridgehead atoms. The van der Waals surface area contributed by atoms with Crippen LogP contribution in [0.1, 0.15) is 55.7 Å². The van der Waals surface area contributed by atoms with Crippen LogP contribution in [-0.2, 0) is 39.8 Å². The van der Waals surface area contributed by atoms with Crippen molar-refractivity contribution in [1.29, 1.82) is 0 Å². The van der Waals surface area contributed by atoms with E-state index in [2.05, 4.69) is 4.98 Å². The van der Waals surface area contributed by atoms with Gasteiger partial charge < -0.3 is 27.8 Å². The molecule has 0 fully saturated rings. The van der Waals surface area contributed by atoms with Gasteiger partial charge in [0.25, 0.3) is 0 Å². The van der Waals surface area contributed by atoms with E-state index in [1.165, 1.54) is 12.1 Å². The molecular weight excluding hydrogens is 669 g/mol. The molecule has 1 heterocycles. The lowest BCUT2D eigenvalue weighted by Gasteiger charge is -2.31. The maximum absolute atomic E-state index is 13.9. The first-order chi connectivity index (χ1) is 22.9. The molecule has 260 valence electrons. The lowest BCUT2D eigenvalue weighted by molar-refractivity contribution is -0.137. The van der Waals surface area contributed by atoms with Crippen LogP contribution in [0, 0.1) is 0 Å². The summed E-state index contributed by atoms with van der Waals surface area (Å²) in [6.45, 7) is 7.08. The predicted molar refractivity (Wildman–Crippen MR) is 179 cm³/mol. The molecule has 4 aromatic rings. The molecule has 0 atom stereocenters. The summed E-state index contributed by atoms with van der Waals surface area (Å²) in [5, 5.41) is -0.435. The Morgan fingerprint density at radius 3 is 1.77 bits per heavy atom. The second-order valence-corrected chi connectivity index (χ2v) is 15.5. The van der Waals surface area contributed by atoms with Gasteiger partial charge in [-0.2, -0.15) is 13.2 Å². The molecule has 0 saturated carbocycles. The van der Waals surface area contributed by atoms with E-state index in [4.69, 9.17) is 22.8 Å². The molecule has 0 radical (unpaired) electrons. The monoisotopic (exact) mass is 709 g/mol. The Labute approximate surface area is 278 Å². The number of hydrogen-bond donors (Lipinski definition) is 1. The van der Waals surface area contributed by atoms with E-state index >= 15 is 0 Å². The molecule has 14 heteroatoms. The number of ether oxygens (including phenoxy) is 1. The lowest BCUT2D eigenvalue weighted by Crippen LogP contribution is -2.20. The molecule has 0 saturated heterocycles. The van der Waals surface area contributed by atoms with Crippen molar-refractivity contribution < 1.29 is 49.9 Å². The fraction of sp³-hybridized carbons (Fsp3) is 0.382. The van der Waals surface area contributed by atoms with Gasteiger partial charge in [-0.05, 0) is 80.6 Å². The van der Waals surface area contributed by atoms with Gasteiger partial charge in [0.15, 0.2) is 11.2 Å². The van der Waals surface area contributed by atoms with Crippen LogP contribution in [0.15, 0.2) is 72.8 Å². The Bertz CT molecular complexity index is 1710. The minimum Gasteiger partial charge on any atom is -0.493 e. The predicted octanol–water partition coefficient (Wildman–Crippen LogP) is 9.91. The SMILES string of the molecule is CCOP(=O)(OCC)C(Cc1cc2ccc(C(=O)CCOc3ccc(-c4ccc(C(F)(F)F)cc4)cc3)cc2[nH]1)P(=O)(OCC)OCC. The Morgan fingerprint density at radius 2 is 1.27 bits per heavy atom. The molecule has 3 aromatic carbocycles. The van der Waals surface area contributed by atoms with Gasteiger partial charge in [0, 0.05) is 29.6 Å². The van der Waals surface area contributed by atoms with Crippen LogP contribution >= 0.6 is 15.2 Å². The van der Waals surface area contributed by atoms with E-state index in [1.54, 1.807) is 70.2 Å². The second kappa shape index (κ2) is 16.4. The van der Waals surface area contributed by atoms with Gasteiger partial charge in [0.1, 0.15) is 5.75 Å². The highest BCUT2D eigenvalue weighted by Gasteiger charge is 2.51. The largest absolute Gasteiger partial charge is 0.493 e. The highest BCUT2D eigenvalue weighted by molar-refractivity contribution is 7.72. The Hall–Kier alpha value is -3.24. The van der Waals surface area contributed by atoms with Gasteiger partial charge in [-0.3, -0.25) is 13.9 Å². The van der Waals surface area contributed by atoms with Crippen LogP contribution in [0.25, 0.3) is 22.0 Å². The Balaban J connectivity index is 1.43. The maximum Gasteiger partial charge on any atom is 0.416 e. The first-order valence-corrected chi connectivity index (χ1v) is 18.9. The molecule has 0 amide bonds. The Kier molecular flexibility index (Phi) is 12.9. The van der Waals surface area contributed by atoms with E-state index in [9.17, 15) is 27.1 Å². The number of rotatable bonds is 18. The number of carbonyl (C=O) groups excluding carboxylic acids is 1. The van der Waals surface area contributed by atoms with Gasteiger partial charge in [-0.1, -0.05) is 36.4 Å². The number of carbonyl (C=O) groups is 1. The molecule has 0 spiro atoms. The number of hydrogen-bond acceptors (Lipinski definition) is 8. The van der Waals surface area contributed by atoms with Crippen molar-refractivity contribution in [2.24, 2.45) is 0 Å². The quantitative estimate of drug-likeness (QED) is 0.0803. The summed E-state index contributed by atoms with van der Waals surface area (Å²) in [5.74, 6) is 0.368. The average Bonchev–Trinajstić information content (AvgIpc) is 3.46. The first-order valence-electron chi connectivity index (χ1n) is 15.7. The zero-order valence-corrected chi connectivity index (χ0v) is 29.0. The van der Waals surface area contributed by atoms with Crippen molar-refractivity contribution in [2.75, 3.05) is 33.0 Å². The summed E-state index contributed by atoms with van der Waals surface area (Å²) >= 11 is 0. The Morgan fingerprint density at radius 1 is 0.750 bits per heavy atom. The molecule has 9 nitrogen and oxygen atoms in total. The van der Waals surface area contributed by atoms with Gasteiger partial charge in [-0.25, -0.2) is 0 Å². The zero-order chi connectivity index (χ0) is 35.0. The average molecular weight is 710 g/mol. The van der Waals surface area contributed by atoms with Crippen molar-refractivity contribution >= 4 is 31.9 Å². The molecule has 0 unspecified atom stereocenters. The minimum absolute atomic E-state index is 0.0159. The van der Waals surface area contributed by atoms with Crippen molar-refractivity contribution in [3.8, 4) is 16.9 Å². The summed E-state index contributed by atoms with van der Waals surface area (Å²) in [4.78, 5) is 16.3. The number of alkyl halides is 3. The van der Waals surface area contributed by atoms with Gasteiger partial charge in [-0.15, -0.1) is 0 Å². The number of halogens is 3. The third kappa shape index (κ3) is 9.26. The molecule has 0 aliphatic heterocycles. The van der Waals surface area contributed by atoms with Crippen molar-refractivity contribution in [2.45, 2.75) is 52.1 Å². The second-order valence-electron chi connectivity index (χ2n) is 10.7. The summed E-state index contributed by atoms with van der Waals surface area (Å²) < 4.78 is 94.4. The standard InChI is InChI=1S/C34H40F3NO8P2/c1-5-43-47(40,44-6-2)33(48(41,45-7-3)46-8-4)23-29-21-26-9-10-27(22-31(26)38-29)32(39)19-20-42-30-17-13-25(14-18-30)24-11-15-28(16-12-24)34(35,36)37/h9-18,21-22,33,38H,5-8,19-20,23H2,1-4H3. The fourth-order valence-corrected chi connectivity index (χ4v) is 10.5. The number of fused-ring (bicyclic) bond motifs is 1. The summed E-state index contributed by atoms with van der Waals surface area (Å²) in [5.41, 5.74) is 2.35. The third-order valence-electron chi connectivity index (χ3n) is 7.37. The summed E-state index contributed by atoms with van der Waals surface area (Å²) in [6, 6.07) is 18.8. The van der Waals surface area contributed by atoms with Gasteiger partial charge in [0.05, 0.1) is 38.6 Å². The highest BCUT2D eigenvalue weighted by atomic mass is 31.2. The first kappa shape index (κ1) is 37.6. The molecule has 0 aliphatic carbocycles. The molecule has 0 aliphatic rings. The van der Waals surface area contributed by atoms with Gasteiger partial charge in [0.2, 0.25) is 0 Å². The van der Waals surface area contributed by atoms with E-state index in [1.807, 2.05) is 6.07 Å². The number of aromatic nitrogens is 1.